The summed E-state index contributed by atoms with van der Waals surface area (Å²) in [7, 11) is -0.349. The monoisotopic (exact) mass is 928 g/mol. The average molecular weight is 930 g/mol. The molecule has 22 heteroatoms. The van der Waals surface area contributed by atoms with Crippen LogP contribution in [0.15, 0.2) is 98.1 Å². The van der Waals surface area contributed by atoms with Gasteiger partial charge in [-0.3, -0.25) is 22.5 Å². The maximum Gasteiger partial charge on any atom is 1.00 e. The molecule has 2 aromatic carbocycles. The minimum Gasteiger partial charge on any atom is -0.369 e. The first kappa shape index (κ1) is 50.0. The first-order valence-electron chi connectivity index (χ1n) is 17.8. The molecule has 6 aromatic rings. The summed E-state index contributed by atoms with van der Waals surface area (Å²) in [6.07, 6.45) is 6.67. The van der Waals surface area contributed by atoms with Crippen LogP contribution in [0.2, 0.25) is 15.5 Å². The van der Waals surface area contributed by atoms with Crippen molar-refractivity contribution < 1.29 is 84.1 Å². The maximum atomic E-state index is 12.1. The van der Waals surface area contributed by atoms with Crippen LogP contribution in [0.4, 0.5) is 12.9 Å². The Morgan fingerprint density at radius 2 is 1.21 bits per heavy atom. The summed E-state index contributed by atoms with van der Waals surface area (Å²) in [5.74, 6) is 10.4. The topological polar surface area (TPSA) is 168 Å². The van der Waals surface area contributed by atoms with E-state index >= 15 is 0 Å². The van der Waals surface area contributed by atoms with Gasteiger partial charge in [-0.2, -0.15) is 40.5 Å². The zero-order valence-corrected chi connectivity index (χ0v) is 38.5. The van der Waals surface area contributed by atoms with E-state index in [1.807, 2.05) is 42.5 Å². The summed E-state index contributed by atoms with van der Waals surface area (Å²) in [6.45, 7) is 1.03. The molecule has 2 fully saturated rings. The molecule has 312 valence electrons. The Kier molecular flexibility index (Phi) is 18.7. The van der Waals surface area contributed by atoms with Crippen molar-refractivity contribution in [3.05, 3.63) is 131 Å². The number of amides is 2. The van der Waals surface area contributed by atoms with E-state index in [4.69, 9.17) is 34.8 Å². The van der Waals surface area contributed by atoms with Crippen molar-refractivity contribution in [2.75, 3.05) is 27.2 Å². The Balaban J connectivity index is 0.000000210. The molecule has 0 saturated carbocycles. The minimum atomic E-state index is -3.67. The normalized spacial score (nSPS) is 17.3. The second kappa shape index (κ2) is 23.2. The van der Waals surface area contributed by atoms with E-state index < -0.39 is 18.7 Å². The summed E-state index contributed by atoms with van der Waals surface area (Å²) in [6, 6.07) is 24.2. The molecule has 14 nitrogen and oxygen atoms in total. The van der Waals surface area contributed by atoms with E-state index in [1.165, 1.54) is 22.5 Å². The van der Waals surface area contributed by atoms with Crippen LogP contribution in [-0.4, -0.2) is 117 Å². The average Bonchev–Trinajstić information content (AvgIpc) is 4.06. The van der Waals surface area contributed by atoms with Gasteiger partial charge in [0.1, 0.15) is 40.8 Å². The number of hydrogen-bond donors (Lipinski definition) is 2. The number of aliphatic hydroxyl groups is 2. The fourth-order valence-electron chi connectivity index (χ4n) is 5.55. The molecule has 0 unspecified atom stereocenters. The Hall–Kier alpha value is -4.64. The Labute approximate surface area is 412 Å². The van der Waals surface area contributed by atoms with Crippen LogP contribution in [0.5, 0.6) is 0 Å². The summed E-state index contributed by atoms with van der Waals surface area (Å²) < 4.78 is 32.2. The van der Waals surface area contributed by atoms with Gasteiger partial charge in [0, 0.05) is 69.4 Å². The standard InChI is InChI=1S/C20H16ClN5O2.C13H12NO2.C7H4Cl2N4.BF3.K/c1-25-8-7-20(28,19(25)27)6-5-14-3-2-4-15(9-14)17-10-16(11-18(21)24-17)26-13-22-12-23-26;1-14-10-9-13(16,12(14)15)8-7-11-5-3-2-4-6-11;8-6-1-5(2-7(9)12-6)13-4-10-3-11-13;2-1(3)4;/h2-4,9-13,28H,7-8H2,1H3;2-3,5-6,16H,9-10H2,1H3;1-4H;;/q;-1;;;+1/t20-;13-;;;/m00.../s1. The molecule has 0 aliphatic carbocycles. The van der Waals surface area contributed by atoms with Crippen molar-refractivity contribution in [2.24, 2.45) is 0 Å². The summed E-state index contributed by atoms with van der Waals surface area (Å²) in [4.78, 5) is 42.6. The fourth-order valence-corrected chi connectivity index (χ4v) is 6.20. The SMILES string of the molecule is CN1CC[C@@](O)(C#Cc2c[c-]ccc2)C1=O.CN1CC[C@@](O)(C#Cc2cccc(-c3cc(-n4cncn4)cc(Cl)n3)c2)C1=O.Clc1cc(-n2cncn2)cc(Cl)n1.FB(F)F.[K+]. The third-order valence-electron chi connectivity index (χ3n) is 8.60. The van der Waals surface area contributed by atoms with Crippen molar-refractivity contribution in [3.63, 3.8) is 0 Å². The first-order chi connectivity index (χ1) is 29.0. The number of rotatable bonds is 3. The summed E-state index contributed by atoms with van der Waals surface area (Å²) >= 11 is 17.6. The van der Waals surface area contributed by atoms with Crippen LogP contribution in [0.25, 0.3) is 22.6 Å². The zero-order chi connectivity index (χ0) is 44.2. The second-order valence-electron chi connectivity index (χ2n) is 13.0. The van der Waals surface area contributed by atoms with Crippen molar-refractivity contribution in [2.45, 2.75) is 24.0 Å². The minimum absolute atomic E-state index is 0. The van der Waals surface area contributed by atoms with Crippen LogP contribution in [0, 0.1) is 29.7 Å². The summed E-state index contributed by atoms with van der Waals surface area (Å²) in [5.41, 5.74) is 1.20. The predicted molar refractivity (Wildman–Crippen MR) is 221 cm³/mol. The Morgan fingerprint density at radius 3 is 1.66 bits per heavy atom. The zero-order valence-electron chi connectivity index (χ0n) is 33.1. The van der Waals surface area contributed by atoms with Gasteiger partial charge in [-0.15, -0.1) is 5.92 Å². The van der Waals surface area contributed by atoms with Gasteiger partial charge in [-0.25, -0.2) is 29.3 Å². The van der Waals surface area contributed by atoms with Crippen molar-refractivity contribution in [1.82, 2.24) is 49.3 Å². The van der Waals surface area contributed by atoms with Crippen LogP contribution < -0.4 is 51.4 Å². The van der Waals surface area contributed by atoms with E-state index in [0.717, 1.165) is 22.5 Å². The number of pyridine rings is 2. The molecule has 2 amide bonds. The van der Waals surface area contributed by atoms with Gasteiger partial charge >= 0.3 is 58.9 Å². The van der Waals surface area contributed by atoms with Gasteiger partial charge in [0.2, 0.25) is 11.2 Å². The largest absolute Gasteiger partial charge is 1.00 e. The van der Waals surface area contributed by atoms with Crippen molar-refractivity contribution >= 4 is 54.2 Å². The van der Waals surface area contributed by atoms with E-state index in [1.54, 1.807) is 66.4 Å². The van der Waals surface area contributed by atoms with Gasteiger partial charge in [0.25, 0.3) is 11.8 Å². The van der Waals surface area contributed by atoms with Crippen LogP contribution in [0.1, 0.15) is 24.0 Å². The number of likely N-dealkylation sites (N-methyl/N-ethyl adjacent to an activating group) is 2. The van der Waals surface area contributed by atoms with Crippen LogP contribution in [-0.2, 0) is 9.59 Å². The number of carbonyl (C=O) groups is 2. The van der Waals surface area contributed by atoms with Crippen molar-refractivity contribution in [3.8, 4) is 46.3 Å². The first-order valence-corrected chi connectivity index (χ1v) is 18.9. The molecule has 8 rings (SSSR count). The molecule has 0 bridgehead atoms. The van der Waals surface area contributed by atoms with Gasteiger partial charge in [-0.05, 0) is 18.2 Å². The van der Waals surface area contributed by atoms with E-state index in [2.05, 4.69) is 59.9 Å². The molecule has 2 aliphatic rings. The van der Waals surface area contributed by atoms with Crippen LogP contribution >= 0.6 is 34.8 Å². The number of hydrogen-bond acceptors (Lipinski definition) is 10. The second-order valence-corrected chi connectivity index (χ2v) is 14.1. The molecule has 62 heavy (non-hydrogen) atoms. The van der Waals surface area contributed by atoms with E-state index in [9.17, 15) is 32.7 Å². The smallest absolute Gasteiger partial charge is 0.369 e. The predicted octanol–water partition coefficient (Wildman–Crippen LogP) is 2.21. The van der Waals surface area contributed by atoms with Gasteiger partial charge in [0.15, 0.2) is 0 Å². The third kappa shape index (κ3) is 14.2. The summed E-state index contributed by atoms with van der Waals surface area (Å²) in [5, 5.41) is 29.5. The molecule has 0 spiro atoms. The number of likely N-dealkylation sites (tertiary alicyclic amines) is 2. The number of benzene rings is 2. The number of carbonyl (C=O) groups excluding carboxylic acids is 2. The molecular formula is C40H32BCl3F3KN10O4. The molecule has 2 aliphatic heterocycles. The molecule has 2 saturated heterocycles. The molecule has 0 radical (unpaired) electrons. The number of aromatic nitrogens is 8. The molecule has 2 N–H and O–H groups in total. The van der Waals surface area contributed by atoms with E-state index in [0.29, 0.717) is 52.6 Å². The molecular weight excluding hydrogens is 898 g/mol. The number of nitrogens with zero attached hydrogens (tertiary/aromatic N) is 10. The Bertz CT molecular complexity index is 2560. The fraction of sp³-hybridized carbons (Fsp3) is 0.200. The van der Waals surface area contributed by atoms with Crippen LogP contribution in [0.3, 0.4) is 0 Å². The van der Waals surface area contributed by atoms with Crippen molar-refractivity contribution in [1.29, 1.82) is 0 Å². The number of halogens is 6. The maximum absolute atomic E-state index is 12.1. The van der Waals surface area contributed by atoms with E-state index in [-0.39, 0.29) is 63.2 Å². The molecule has 2 atom stereocenters. The Morgan fingerprint density at radius 1 is 0.726 bits per heavy atom. The van der Waals surface area contributed by atoms with Gasteiger partial charge in [-0.1, -0.05) is 70.3 Å². The molecule has 4 aromatic heterocycles. The van der Waals surface area contributed by atoms with Gasteiger partial charge in [0.05, 0.1) is 17.1 Å². The molecule has 6 heterocycles. The third-order valence-corrected chi connectivity index (χ3v) is 9.19. The quantitative estimate of drug-likeness (QED) is 0.116. The van der Waals surface area contributed by atoms with Gasteiger partial charge < -0.3 is 20.0 Å².